The fourth-order valence-electron chi connectivity index (χ4n) is 2.33. The molecule has 1 atom stereocenters. The minimum atomic E-state index is -0.525. The number of rotatable bonds is 1. The molecule has 2 aromatic rings. The monoisotopic (exact) mass is 255 g/mol. The van der Waals surface area contributed by atoms with Gasteiger partial charge < -0.3 is 14.6 Å². The first kappa shape index (κ1) is 11.8. The number of hydrogen-bond acceptors (Lipinski definition) is 3. The zero-order valence-corrected chi connectivity index (χ0v) is 10.3. The number of ether oxygens (including phenoxy) is 1. The van der Waals surface area contributed by atoms with Crippen molar-refractivity contribution in [2.45, 2.75) is 6.10 Å². The number of H-pyrrole nitrogens is 1. The van der Waals surface area contributed by atoms with Crippen LogP contribution in [0.3, 0.4) is 0 Å². The van der Waals surface area contributed by atoms with Crippen LogP contribution in [0.1, 0.15) is 10.4 Å². The highest BCUT2D eigenvalue weighted by atomic mass is 16.5. The van der Waals surface area contributed by atoms with Crippen molar-refractivity contribution in [1.29, 1.82) is 5.26 Å². The molecule has 0 spiro atoms. The van der Waals surface area contributed by atoms with Gasteiger partial charge in [0.15, 0.2) is 6.10 Å². The number of para-hydroxylation sites is 1. The standard InChI is InChI=1S/C14H13N3O2/c15-7-10-9-17(5-6-19-10)14(18)12-8-16-13-4-2-1-3-11(12)13/h1-4,8,10,16H,5-6,9H2. The van der Waals surface area contributed by atoms with Gasteiger partial charge in [-0.15, -0.1) is 0 Å². The highest BCUT2D eigenvalue weighted by Crippen LogP contribution is 2.20. The Morgan fingerprint density at radius 1 is 1.47 bits per heavy atom. The highest BCUT2D eigenvalue weighted by Gasteiger charge is 2.26. The van der Waals surface area contributed by atoms with Crippen molar-refractivity contribution in [1.82, 2.24) is 9.88 Å². The number of morpholine rings is 1. The molecule has 0 aliphatic carbocycles. The third kappa shape index (κ3) is 2.07. The average Bonchev–Trinajstić information content (AvgIpc) is 2.90. The molecule has 1 aromatic heterocycles. The number of aromatic nitrogens is 1. The van der Waals surface area contributed by atoms with E-state index in [2.05, 4.69) is 4.98 Å². The lowest BCUT2D eigenvalue weighted by atomic mass is 10.1. The van der Waals surface area contributed by atoms with E-state index >= 15 is 0 Å². The van der Waals surface area contributed by atoms with Crippen LogP contribution >= 0.6 is 0 Å². The van der Waals surface area contributed by atoms with Gasteiger partial charge in [-0.05, 0) is 6.07 Å². The molecule has 3 rings (SSSR count). The van der Waals surface area contributed by atoms with Crippen LogP contribution in [0.15, 0.2) is 30.5 Å². The predicted octanol–water partition coefficient (Wildman–Crippen LogP) is 1.53. The summed E-state index contributed by atoms with van der Waals surface area (Å²) >= 11 is 0. The van der Waals surface area contributed by atoms with E-state index in [9.17, 15) is 4.79 Å². The van der Waals surface area contributed by atoms with E-state index in [0.29, 0.717) is 25.3 Å². The Balaban J connectivity index is 1.90. The average molecular weight is 255 g/mol. The number of nitriles is 1. The normalized spacial score (nSPS) is 19.3. The summed E-state index contributed by atoms with van der Waals surface area (Å²) in [6, 6.07) is 9.73. The summed E-state index contributed by atoms with van der Waals surface area (Å²) < 4.78 is 5.25. The number of carbonyl (C=O) groups is 1. The van der Waals surface area contributed by atoms with Crippen LogP contribution in [0.2, 0.25) is 0 Å². The lowest BCUT2D eigenvalue weighted by Crippen LogP contribution is -2.45. The van der Waals surface area contributed by atoms with E-state index in [1.807, 2.05) is 30.3 Å². The summed E-state index contributed by atoms with van der Waals surface area (Å²) in [4.78, 5) is 17.2. The van der Waals surface area contributed by atoms with Gasteiger partial charge in [-0.25, -0.2) is 0 Å². The van der Waals surface area contributed by atoms with Gasteiger partial charge in [0.05, 0.1) is 24.8 Å². The van der Waals surface area contributed by atoms with Crippen LogP contribution in [0.4, 0.5) is 0 Å². The largest absolute Gasteiger partial charge is 0.360 e. The molecular weight excluding hydrogens is 242 g/mol. The third-order valence-corrected chi connectivity index (χ3v) is 3.32. The maximum Gasteiger partial charge on any atom is 0.256 e. The quantitative estimate of drug-likeness (QED) is 0.840. The zero-order chi connectivity index (χ0) is 13.2. The van der Waals surface area contributed by atoms with Crippen molar-refractivity contribution in [3.8, 4) is 6.07 Å². The van der Waals surface area contributed by atoms with Gasteiger partial charge in [0.2, 0.25) is 0 Å². The second-order valence-corrected chi connectivity index (χ2v) is 4.49. The summed E-state index contributed by atoms with van der Waals surface area (Å²) in [5.41, 5.74) is 1.59. The molecule has 1 aliphatic rings. The van der Waals surface area contributed by atoms with E-state index in [-0.39, 0.29) is 5.91 Å². The van der Waals surface area contributed by atoms with Crippen molar-refractivity contribution in [3.63, 3.8) is 0 Å². The number of aromatic amines is 1. The first-order chi connectivity index (χ1) is 9.29. The molecule has 1 fully saturated rings. The number of nitrogens with one attached hydrogen (secondary N) is 1. The van der Waals surface area contributed by atoms with Crippen molar-refractivity contribution in [2.75, 3.05) is 19.7 Å². The SMILES string of the molecule is N#CC1CN(C(=O)c2c[nH]c3ccccc23)CCO1. The van der Waals surface area contributed by atoms with Gasteiger partial charge in [0.1, 0.15) is 0 Å². The molecule has 1 unspecified atom stereocenters. The van der Waals surface area contributed by atoms with Crippen molar-refractivity contribution < 1.29 is 9.53 Å². The lowest BCUT2D eigenvalue weighted by molar-refractivity contribution is 0.00356. The van der Waals surface area contributed by atoms with Crippen LogP contribution in [-0.4, -0.2) is 41.6 Å². The van der Waals surface area contributed by atoms with Crippen LogP contribution in [0, 0.1) is 11.3 Å². The van der Waals surface area contributed by atoms with Crippen molar-refractivity contribution >= 4 is 16.8 Å². The fraction of sp³-hybridized carbons (Fsp3) is 0.286. The molecule has 96 valence electrons. The summed E-state index contributed by atoms with van der Waals surface area (Å²) in [6.07, 6.45) is 1.20. The third-order valence-electron chi connectivity index (χ3n) is 3.32. The molecule has 0 radical (unpaired) electrons. The second-order valence-electron chi connectivity index (χ2n) is 4.49. The molecule has 1 aromatic carbocycles. The number of amides is 1. The van der Waals surface area contributed by atoms with Crippen LogP contribution < -0.4 is 0 Å². The first-order valence-electron chi connectivity index (χ1n) is 6.16. The molecule has 19 heavy (non-hydrogen) atoms. The summed E-state index contributed by atoms with van der Waals surface area (Å²) in [6.45, 7) is 1.26. The van der Waals surface area contributed by atoms with Crippen LogP contribution in [-0.2, 0) is 4.74 Å². The Bertz CT molecular complexity index is 656. The lowest BCUT2D eigenvalue weighted by Gasteiger charge is -2.29. The number of benzene rings is 1. The van der Waals surface area contributed by atoms with Gasteiger partial charge in [-0.3, -0.25) is 4.79 Å². The van der Waals surface area contributed by atoms with Gasteiger partial charge in [0, 0.05) is 23.6 Å². The minimum Gasteiger partial charge on any atom is -0.360 e. The van der Waals surface area contributed by atoms with Gasteiger partial charge in [0.25, 0.3) is 5.91 Å². The molecule has 2 heterocycles. The molecule has 5 heteroatoms. The highest BCUT2D eigenvalue weighted by molar-refractivity contribution is 6.06. The number of nitrogens with zero attached hydrogens (tertiary/aromatic N) is 2. The van der Waals surface area contributed by atoms with E-state index in [0.717, 1.165) is 10.9 Å². The minimum absolute atomic E-state index is 0.0546. The molecule has 0 bridgehead atoms. The molecule has 1 N–H and O–H groups in total. The summed E-state index contributed by atoms with van der Waals surface area (Å²) in [5.74, 6) is -0.0546. The second kappa shape index (κ2) is 4.75. The number of fused-ring (bicyclic) bond motifs is 1. The summed E-state index contributed by atoms with van der Waals surface area (Å²) in [7, 11) is 0. The maximum atomic E-state index is 12.5. The molecule has 5 nitrogen and oxygen atoms in total. The number of hydrogen-bond donors (Lipinski definition) is 1. The Kier molecular flexibility index (Phi) is 2.94. The molecule has 1 aliphatic heterocycles. The van der Waals surface area contributed by atoms with Gasteiger partial charge >= 0.3 is 0 Å². The fourth-order valence-corrected chi connectivity index (χ4v) is 2.33. The Labute approximate surface area is 110 Å². The Morgan fingerprint density at radius 3 is 3.16 bits per heavy atom. The van der Waals surface area contributed by atoms with Gasteiger partial charge in [-0.2, -0.15) is 5.26 Å². The van der Waals surface area contributed by atoms with Crippen LogP contribution in [0.5, 0.6) is 0 Å². The smallest absolute Gasteiger partial charge is 0.256 e. The van der Waals surface area contributed by atoms with E-state index in [1.165, 1.54) is 0 Å². The molecular formula is C14H13N3O2. The predicted molar refractivity (Wildman–Crippen MR) is 69.6 cm³/mol. The Morgan fingerprint density at radius 2 is 2.32 bits per heavy atom. The van der Waals surface area contributed by atoms with Crippen molar-refractivity contribution in [2.24, 2.45) is 0 Å². The maximum absolute atomic E-state index is 12.5. The van der Waals surface area contributed by atoms with E-state index in [1.54, 1.807) is 11.1 Å². The van der Waals surface area contributed by atoms with E-state index < -0.39 is 6.10 Å². The van der Waals surface area contributed by atoms with E-state index in [4.69, 9.17) is 10.00 Å². The topological polar surface area (TPSA) is 69.1 Å². The van der Waals surface area contributed by atoms with Crippen molar-refractivity contribution in [3.05, 3.63) is 36.0 Å². The molecule has 1 amide bonds. The van der Waals surface area contributed by atoms with Gasteiger partial charge in [-0.1, -0.05) is 18.2 Å². The molecule has 1 saturated heterocycles. The molecule has 0 saturated carbocycles. The first-order valence-corrected chi connectivity index (χ1v) is 6.16. The summed E-state index contributed by atoms with van der Waals surface area (Å²) in [5, 5.41) is 9.78. The number of carbonyl (C=O) groups excluding carboxylic acids is 1. The zero-order valence-electron chi connectivity index (χ0n) is 10.3. The Hall–Kier alpha value is -2.32. The van der Waals surface area contributed by atoms with Crippen LogP contribution in [0.25, 0.3) is 10.9 Å².